The highest BCUT2D eigenvalue weighted by Gasteiger charge is 2.17. The summed E-state index contributed by atoms with van der Waals surface area (Å²) in [6.45, 7) is 0. The van der Waals surface area contributed by atoms with Gasteiger partial charge in [-0.3, -0.25) is 4.79 Å². The number of ether oxygens (including phenoxy) is 1. The fourth-order valence-electron chi connectivity index (χ4n) is 1.82. The number of rotatable bonds is 3. The molecule has 0 aliphatic rings. The van der Waals surface area contributed by atoms with Crippen LogP contribution in [-0.2, 0) is 0 Å². The van der Waals surface area contributed by atoms with Gasteiger partial charge in [-0.15, -0.1) is 10.2 Å². The van der Waals surface area contributed by atoms with Crippen molar-refractivity contribution in [1.29, 1.82) is 0 Å². The molecule has 0 atom stereocenters. The summed E-state index contributed by atoms with van der Waals surface area (Å²) >= 11 is 6.01. The van der Waals surface area contributed by atoms with E-state index in [-0.39, 0.29) is 17.2 Å². The predicted octanol–water partition coefficient (Wildman–Crippen LogP) is 3.12. The highest BCUT2D eigenvalue weighted by molar-refractivity contribution is 6.35. The second-order valence-electron chi connectivity index (χ2n) is 4.06. The van der Waals surface area contributed by atoms with Gasteiger partial charge >= 0.3 is 0 Å². The molecule has 0 saturated carbocycles. The molecule has 0 saturated heterocycles. The molecule has 0 aliphatic carbocycles. The summed E-state index contributed by atoms with van der Waals surface area (Å²) in [6.07, 6.45) is 0. The zero-order valence-electron chi connectivity index (χ0n) is 10.5. The van der Waals surface area contributed by atoms with Crippen LogP contribution in [0.3, 0.4) is 0 Å². The molecular weight excluding hydrogens is 280 g/mol. The van der Waals surface area contributed by atoms with Gasteiger partial charge in [-0.25, -0.2) is 0 Å². The minimum atomic E-state index is -0.354. The summed E-state index contributed by atoms with van der Waals surface area (Å²) in [5, 5.41) is 8.78. The number of methoxy groups -OCH3 is 1. The van der Waals surface area contributed by atoms with Crippen LogP contribution in [0.5, 0.6) is 5.88 Å². The lowest BCUT2D eigenvalue weighted by Crippen LogP contribution is -2.04. The highest BCUT2D eigenvalue weighted by Crippen LogP contribution is 2.27. The zero-order chi connectivity index (χ0) is 14.1. The number of aromatic nitrogens is 2. The summed E-state index contributed by atoms with van der Waals surface area (Å²) in [5.74, 6) is 0.161. The Morgan fingerprint density at radius 1 is 1.25 bits per heavy atom. The van der Waals surface area contributed by atoms with E-state index in [9.17, 15) is 4.79 Å². The molecule has 3 aromatic rings. The lowest BCUT2D eigenvalue weighted by Gasteiger charge is -1.98. The van der Waals surface area contributed by atoms with E-state index in [2.05, 4.69) is 10.2 Å². The van der Waals surface area contributed by atoms with E-state index in [1.165, 1.54) is 13.2 Å². The average Bonchev–Trinajstić information content (AvgIpc) is 2.92. The second kappa shape index (κ2) is 4.94. The maximum absolute atomic E-state index is 12.2. The molecule has 3 rings (SSSR count). The quantitative estimate of drug-likeness (QED) is 0.693. The van der Waals surface area contributed by atoms with Crippen molar-refractivity contribution in [2.45, 2.75) is 0 Å². The molecule has 0 aliphatic heterocycles. The Labute approximate surface area is 119 Å². The van der Waals surface area contributed by atoms with E-state index in [1.54, 1.807) is 24.3 Å². The number of hydrogen-bond donors (Lipinski definition) is 0. The van der Waals surface area contributed by atoms with E-state index in [0.29, 0.717) is 16.5 Å². The van der Waals surface area contributed by atoms with Crippen molar-refractivity contribution in [3.05, 3.63) is 52.9 Å². The van der Waals surface area contributed by atoms with E-state index in [1.807, 2.05) is 6.07 Å². The molecule has 1 aromatic carbocycles. The first-order valence-electron chi connectivity index (χ1n) is 5.79. The van der Waals surface area contributed by atoms with Crippen LogP contribution in [0, 0.1) is 0 Å². The lowest BCUT2D eigenvalue weighted by molar-refractivity contribution is 0.101. The first-order chi connectivity index (χ1) is 9.69. The van der Waals surface area contributed by atoms with Crippen LogP contribution >= 0.6 is 11.6 Å². The first kappa shape index (κ1) is 12.6. The van der Waals surface area contributed by atoms with Gasteiger partial charge in [0.1, 0.15) is 5.69 Å². The standard InChI is InChI=1S/C14H9ClN2O3/c1-19-12-6-5-10(16-17-12)13(18)11-7-8-3-2-4-9(15)14(8)20-11/h2-7H,1H3. The largest absolute Gasteiger partial charge is 0.480 e. The van der Waals surface area contributed by atoms with Gasteiger partial charge in [-0.1, -0.05) is 23.7 Å². The third-order valence-electron chi connectivity index (χ3n) is 2.80. The molecule has 5 nitrogen and oxygen atoms in total. The molecule has 0 unspecified atom stereocenters. The van der Waals surface area contributed by atoms with Crippen LogP contribution < -0.4 is 4.74 Å². The normalized spacial score (nSPS) is 10.7. The van der Waals surface area contributed by atoms with Crippen LogP contribution in [0.25, 0.3) is 11.0 Å². The lowest BCUT2D eigenvalue weighted by atomic mass is 10.2. The maximum atomic E-state index is 12.2. The van der Waals surface area contributed by atoms with Crippen molar-refractivity contribution in [1.82, 2.24) is 10.2 Å². The number of nitrogens with zero attached hydrogens (tertiary/aromatic N) is 2. The summed E-state index contributed by atoms with van der Waals surface area (Å²) in [5.41, 5.74) is 0.667. The molecule has 2 heterocycles. The topological polar surface area (TPSA) is 65.2 Å². The molecule has 0 spiro atoms. The van der Waals surface area contributed by atoms with E-state index in [4.69, 9.17) is 20.8 Å². The van der Waals surface area contributed by atoms with Crippen molar-refractivity contribution in [3.8, 4) is 5.88 Å². The molecule has 0 bridgehead atoms. The van der Waals surface area contributed by atoms with Gasteiger partial charge in [0.2, 0.25) is 11.7 Å². The summed E-state index contributed by atoms with van der Waals surface area (Å²) in [7, 11) is 1.48. The Kier molecular flexibility index (Phi) is 3.12. The predicted molar refractivity (Wildman–Crippen MR) is 73.2 cm³/mol. The van der Waals surface area contributed by atoms with E-state index in [0.717, 1.165) is 5.39 Å². The SMILES string of the molecule is COc1ccc(C(=O)c2cc3cccc(Cl)c3o2)nn1. The van der Waals surface area contributed by atoms with Crippen molar-refractivity contribution in [3.63, 3.8) is 0 Å². The minimum absolute atomic E-state index is 0.174. The van der Waals surface area contributed by atoms with Crippen molar-refractivity contribution in [2.24, 2.45) is 0 Å². The number of halogens is 1. The third-order valence-corrected chi connectivity index (χ3v) is 3.10. The third kappa shape index (κ3) is 2.12. The number of fused-ring (bicyclic) bond motifs is 1. The number of ketones is 1. The molecule has 2 aromatic heterocycles. The molecule has 20 heavy (non-hydrogen) atoms. The molecule has 0 fully saturated rings. The Morgan fingerprint density at radius 2 is 2.10 bits per heavy atom. The number of furan rings is 1. The molecule has 100 valence electrons. The van der Waals surface area contributed by atoms with Gasteiger partial charge in [0.15, 0.2) is 11.3 Å². The number of para-hydroxylation sites is 1. The number of carbonyl (C=O) groups excluding carboxylic acids is 1. The number of benzene rings is 1. The van der Waals surface area contributed by atoms with Gasteiger partial charge in [-0.2, -0.15) is 0 Å². The monoisotopic (exact) mass is 288 g/mol. The summed E-state index contributed by atoms with van der Waals surface area (Å²) in [4.78, 5) is 12.2. The van der Waals surface area contributed by atoms with Gasteiger partial charge in [-0.05, 0) is 18.2 Å². The zero-order valence-corrected chi connectivity index (χ0v) is 11.2. The van der Waals surface area contributed by atoms with Crippen LogP contribution in [0.2, 0.25) is 5.02 Å². The van der Waals surface area contributed by atoms with Gasteiger partial charge < -0.3 is 9.15 Å². The van der Waals surface area contributed by atoms with Gasteiger partial charge in [0, 0.05) is 11.5 Å². The van der Waals surface area contributed by atoms with Crippen LogP contribution in [0.15, 0.2) is 40.8 Å². The Morgan fingerprint density at radius 3 is 2.75 bits per heavy atom. The Hall–Kier alpha value is -2.40. The van der Waals surface area contributed by atoms with Crippen molar-refractivity contribution in [2.75, 3.05) is 7.11 Å². The molecule has 0 N–H and O–H groups in total. The first-order valence-corrected chi connectivity index (χ1v) is 6.17. The highest BCUT2D eigenvalue weighted by atomic mass is 35.5. The van der Waals surface area contributed by atoms with E-state index < -0.39 is 0 Å². The molecule has 6 heteroatoms. The van der Waals surface area contributed by atoms with Crippen molar-refractivity contribution < 1.29 is 13.9 Å². The van der Waals surface area contributed by atoms with E-state index >= 15 is 0 Å². The summed E-state index contributed by atoms with van der Waals surface area (Å²) in [6, 6.07) is 10.0. The molecule has 0 radical (unpaired) electrons. The Bertz CT molecular complexity index is 781. The Balaban J connectivity index is 2.01. The van der Waals surface area contributed by atoms with Gasteiger partial charge in [0.05, 0.1) is 12.1 Å². The maximum Gasteiger partial charge on any atom is 0.248 e. The van der Waals surface area contributed by atoms with Gasteiger partial charge in [0.25, 0.3) is 0 Å². The fraction of sp³-hybridized carbons (Fsp3) is 0.0714. The van der Waals surface area contributed by atoms with Crippen LogP contribution in [-0.4, -0.2) is 23.1 Å². The number of carbonyl (C=O) groups is 1. The minimum Gasteiger partial charge on any atom is -0.480 e. The van der Waals surface area contributed by atoms with Crippen LogP contribution in [0.1, 0.15) is 16.2 Å². The van der Waals surface area contributed by atoms with Crippen LogP contribution in [0.4, 0.5) is 0 Å². The molecule has 0 amide bonds. The second-order valence-corrected chi connectivity index (χ2v) is 4.47. The number of hydrogen-bond acceptors (Lipinski definition) is 5. The fourth-order valence-corrected chi connectivity index (χ4v) is 2.04. The average molecular weight is 289 g/mol. The molecular formula is C14H9ClN2O3. The smallest absolute Gasteiger partial charge is 0.248 e. The summed E-state index contributed by atoms with van der Waals surface area (Å²) < 4.78 is 10.4. The van der Waals surface area contributed by atoms with Crippen molar-refractivity contribution >= 4 is 28.4 Å².